The fourth-order valence-electron chi connectivity index (χ4n) is 1.91. The van der Waals surface area contributed by atoms with Crippen molar-refractivity contribution in [1.29, 1.82) is 0 Å². The van der Waals surface area contributed by atoms with Crippen LogP contribution in [0.2, 0.25) is 0 Å². The zero-order valence-electron chi connectivity index (χ0n) is 12.1. The standard InChI is InChI=1S/C15H12N4O3S/c1-21-14(20)11-6-4-10(5-7-11)9-16-19-13(17-18-15(19)23)12-3-2-8-22-12/h2-9H,1H3,(H,18,23). The summed E-state index contributed by atoms with van der Waals surface area (Å²) in [6.07, 6.45) is 3.16. The van der Waals surface area contributed by atoms with Crippen LogP contribution in [0.3, 0.4) is 0 Å². The van der Waals surface area contributed by atoms with E-state index in [1.807, 2.05) is 0 Å². The topological polar surface area (TPSA) is 85.4 Å². The van der Waals surface area contributed by atoms with Crippen molar-refractivity contribution in [2.75, 3.05) is 7.11 Å². The van der Waals surface area contributed by atoms with Crippen molar-refractivity contribution in [1.82, 2.24) is 14.9 Å². The molecule has 23 heavy (non-hydrogen) atoms. The molecule has 0 aliphatic carbocycles. The number of furan rings is 1. The van der Waals surface area contributed by atoms with Gasteiger partial charge in [0.15, 0.2) is 5.76 Å². The van der Waals surface area contributed by atoms with E-state index in [1.165, 1.54) is 11.8 Å². The minimum atomic E-state index is -0.384. The van der Waals surface area contributed by atoms with E-state index in [1.54, 1.807) is 48.9 Å². The smallest absolute Gasteiger partial charge is 0.337 e. The molecule has 0 aliphatic rings. The Kier molecular flexibility index (Phi) is 4.15. The van der Waals surface area contributed by atoms with Crippen LogP contribution in [-0.4, -0.2) is 34.2 Å². The van der Waals surface area contributed by atoms with E-state index in [0.29, 0.717) is 21.9 Å². The quantitative estimate of drug-likeness (QED) is 0.452. The Labute approximate surface area is 136 Å². The predicted octanol–water partition coefficient (Wildman–Crippen LogP) is 2.87. The second-order valence-corrected chi connectivity index (χ2v) is 4.89. The Hall–Kier alpha value is -3.00. The number of benzene rings is 1. The lowest BCUT2D eigenvalue weighted by Gasteiger charge is -2.00. The van der Waals surface area contributed by atoms with E-state index in [9.17, 15) is 4.79 Å². The molecule has 1 aromatic carbocycles. The number of hydrogen-bond donors (Lipinski definition) is 1. The monoisotopic (exact) mass is 328 g/mol. The molecule has 3 aromatic rings. The maximum Gasteiger partial charge on any atom is 0.337 e. The fourth-order valence-corrected chi connectivity index (χ4v) is 2.09. The Morgan fingerprint density at radius 2 is 2.17 bits per heavy atom. The lowest BCUT2D eigenvalue weighted by atomic mass is 10.1. The summed E-state index contributed by atoms with van der Waals surface area (Å²) in [7, 11) is 1.34. The minimum absolute atomic E-state index is 0.346. The van der Waals surface area contributed by atoms with E-state index < -0.39 is 0 Å². The summed E-state index contributed by atoms with van der Waals surface area (Å²) in [5, 5.41) is 11.1. The summed E-state index contributed by atoms with van der Waals surface area (Å²) in [6.45, 7) is 0. The first-order chi connectivity index (χ1) is 11.2. The van der Waals surface area contributed by atoms with Gasteiger partial charge < -0.3 is 9.15 Å². The van der Waals surface area contributed by atoms with Gasteiger partial charge in [-0.05, 0) is 42.0 Å². The van der Waals surface area contributed by atoms with Crippen LogP contribution in [0.5, 0.6) is 0 Å². The molecular formula is C15H12N4O3S. The third kappa shape index (κ3) is 3.11. The van der Waals surface area contributed by atoms with Crippen LogP contribution < -0.4 is 0 Å². The zero-order chi connectivity index (χ0) is 16.2. The number of aromatic amines is 1. The number of hydrogen-bond acceptors (Lipinski definition) is 6. The second-order valence-electron chi connectivity index (χ2n) is 4.50. The van der Waals surface area contributed by atoms with Gasteiger partial charge >= 0.3 is 5.97 Å². The van der Waals surface area contributed by atoms with Crippen molar-refractivity contribution in [3.63, 3.8) is 0 Å². The van der Waals surface area contributed by atoms with Crippen molar-refractivity contribution in [2.24, 2.45) is 5.10 Å². The molecule has 7 nitrogen and oxygen atoms in total. The Morgan fingerprint density at radius 3 is 2.83 bits per heavy atom. The van der Waals surface area contributed by atoms with Gasteiger partial charge in [0.25, 0.3) is 0 Å². The Bertz CT molecular complexity index is 892. The summed E-state index contributed by atoms with van der Waals surface area (Å²) in [6, 6.07) is 10.4. The first-order valence-electron chi connectivity index (χ1n) is 6.63. The maximum atomic E-state index is 11.4. The van der Waals surface area contributed by atoms with Crippen LogP contribution in [0.15, 0.2) is 52.2 Å². The van der Waals surface area contributed by atoms with Gasteiger partial charge in [-0.1, -0.05) is 12.1 Å². The molecule has 116 valence electrons. The molecule has 0 radical (unpaired) electrons. The minimum Gasteiger partial charge on any atom is -0.465 e. The lowest BCUT2D eigenvalue weighted by Crippen LogP contribution is -2.01. The molecule has 0 atom stereocenters. The van der Waals surface area contributed by atoms with Gasteiger partial charge in [-0.2, -0.15) is 9.78 Å². The van der Waals surface area contributed by atoms with Crippen molar-refractivity contribution in [3.05, 3.63) is 58.6 Å². The van der Waals surface area contributed by atoms with E-state index in [2.05, 4.69) is 20.0 Å². The summed E-state index contributed by atoms with van der Waals surface area (Å²) in [5.74, 6) is 0.642. The molecule has 0 fully saturated rings. The number of nitrogens with one attached hydrogen (secondary N) is 1. The van der Waals surface area contributed by atoms with Gasteiger partial charge in [0.05, 0.1) is 25.2 Å². The summed E-state index contributed by atoms with van der Waals surface area (Å²) in [4.78, 5) is 11.4. The molecule has 0 aliphatic heterocycles. The molecular weight excluding hydrogens is 316 g/mol. The average Bonchev–Trinajstić information content (AvgIpc) is 3.22. The van der Waals surface area contributed by atoms with Gasteiger partial charge in [-0.3, -0.25) is 0 Å². The maximum absolute atomic E-state index is 11.4. The van der Waals surface area contributed by atoms with Crippen LogP contribution in [0.4, 0.5) is 0 Å². The van der Waals surface area contributed by atoms with Crippen molar-refractivity contribution in [2.45, 2.75) is 0 Å². The molecule has 0 saturated carbocycles. The SMILES string of the molecule is COC(=O)c1ccc(C=Nn2c(-c3ccco3)n[nH]c2=S)cc1. The lowest BCUT2D eigenvalue weighted by molar-refractivity contribution is 0.0600. The molecule has 0 amide bonds. The first-order valence-corrected chi connectivity index (χ1v) is 7.04. The second kappa shape index (κ2) is 6.41. The number of carbonyl (C=O) groups is 1. The molecule has 0 spiro atoms. The predicted molar refractivity (Wildman–Crippen MR) is 85.9 cm³/mol. The van der Waals surface area contributed by atoms with Gasteiger partial charge in [0.1, 0.15) is 0 Å². The highest BCUT2D eigenvalue weighted by atomic mass is 32.1. The summed E-state index contributed by atoms with van der Waals surface area (Å²) < 4.78 is 11.8. The van der Waals surface area contributed by atoms with Gasteiger partial charge in [-0.15, -0.1) is 5.10 Å². The largest absolute Gasteiger partial charge is 0.465 e. The number of nitrogens with zero attached hydrogens (tertiary/aromatic N) is 3. The van der Waals surface area contributed by atoms with Crippen molar-refractivity contribution < 1.29 is 13.9 Å². The zero-order valence-corrected chi connectivity index (χ0v) is 12.9. The summed E-state index contributed by atoms with van der Waals surface area (Å²) >= 11 is 5.16. The highest BCUT2D eigenvalue weighted by Gasteiger charge is 2.10. The number of H-pyrrole nitrogens is 1. The Balaban J connectivity index is 1.88. The first kappa shape index (κ1) is 14.9. The van der Waals surface area contributed by atoms with E-state index >= 15 is 0 Å². The van der Waals surface area contributed by atoms with Crippen LogP contribution in [0, 0.1) is 4.77 Å². The normalized spacial score (nSPS) is 11.0. The fraction of sp³-hybridized carbons (Fsp3) is 0.0667. The number of methoxy groups -OCH3 is 1. The number of carbonyl (C=O) groups excluding carboxylic acids is 1. The molecule has 3 rings (SSSR count). The Morgan fingerprint density at radius 1 is 1.39 bits per heavy atom. The number of esters is 1. The van der Waals surface area contributed by atoms with E-state index in [4.69, 9.17) is 16.6 Å². The van der Waals surface area contributed by atoms with Crippen molar-refractivity contribution >= 4 is 24.4 Å². The number of rotatable bonds is 4. The third-order valence-electron chi connectivity index (χ3n) is 3.05. The molecule has 2 heterocycles. The van der Waals surface area contributed by atoms with E-state index in [0.717, 1.165) is 5.56 Å². The van der Waals surface area contributed by atoms with Crippen LogP contribution in [0.25, 0.3) is 11.6 Å². The highest BCUT2D eigenvalue weighted by Crippen LogP contribution is 2.17. The van der Waals surface area contributed by atoms with E-state index in [-0.39, 0.29) is 5.97 Å². The van der Waals surface area contributed by atoms with Crippen LogP contribution in [0.1, 0.15) is 15.9 Å². The van der Waals surface area contributed by atoms with Crippen molar-refractivity contribution in [3.8, 4) is 11.6 Å². The average molecular weight is 328 g/mol. The van der Waals surface area contributed by atoms with Crippen LogP contribution in [-0.2, 0) is 4.74 Å². The molecule has 8 heteroatoms. The molecule has 1 N–H and O–H groups in total. The van der Waals surface area contributed by atoms with Crippen LogP contribution >= 0.6 is 12.2 Å². The van der Waals surface area contributed by atoms with Gasteiger partial charge in [0.2, 0.25) is 10.6 Å². The molecule has 0 unspecified atom stereocenters. The number of aromatic nitrogens is 3. The highest BCUT2D eigenvalue weighted by molar-refractivity contribution is 7.71. The molecule has 2 aromatic heterocycles. The summed E-state index contributed by atoms with van der Waals surface area (Å²) in [5.41, 5.74) is 1.27. The third-order valence-corrected chi connectivity index (χ3v) is 3.31. The number of ether oxygens (including phenoxy) is 1. The van der Waals surface area contributed by atoms with Gasteiger partial charge in [0, 0.05) is 0 Å². The molecule has 0 bridgehead atoms. The van der Waals surface area contributed by atoms with Gasteiger partial charge in [-0.25, -0.2) is 9.89 Å². The molecule has 0 saturated heterocycles.